The van der Waals surface area contributed by atoms with Crippen LogP contribution in [0.3, 0.4) is 0 Å². The van der Waals surface area contributed by atoms with Crippen LogP contribution in [-0.4, -0.2) is 14.5 Å². The van der Waals surface area contributed by atoms with Crippen molar-refractivity contribution in [3.05, 3.63) is 87.8 Å². The zero-order chi connectivity index (χ0) is 20.4. The van der Waals surface area contributed by atoms with Gasteiger partial charge in [-0.25, -0.2) is 4.98 Å². The average molecular weight is 386 g/mol. The summed E-state index contributed by atoms with van der Waals surface area (Å²) in [6, 6.07) is 20.5. The van der Waals surface area contributed by atoms with E-state index in [1.54, 1.807) is 0 Å². The molecule has 148 valence electrons. The number of nitrogens with zero attached hydrogens (tertiary/aromatic N) is 2. The fourth-order valence-corrected chi connectivity index (χ4v) is 3.84. The molecule has 0 aliphatic heterocycles. The summed E-state index contributed by atoms with van der Waals surface area (Å²) in [7, 11) is 0. The first-order chi connectivity index (χ1) is 14.0. The summed E-state index contributed by atoms with van der Waals surface area (Å²) in [6.07, 6.45) is 1.54. The van der Waals surface area contributed by atoms with Crippen molar-refractivity contribution in [1.82, 2.24) is 14.5 Å². The van der Waals surface area contributed by atoms with Crippen LogP contribution in [0, 0.1) is 12.8 Å². The molecule has 0 aliphatic rings. The molecule has 0 bridgehead atoms. The molecule has 0 unspecified atom stereocenters. The summed E-state index contributed by atoms with van der Waals surface area (Å²) in [6.45, 7) is 6.83. The molecule has 4 rings (SSSR count). The zero-order valence-electron chi connectivity index (χ0n) is 17.3. The number of H-pyrrole nitrogens is 1. The van der Waals surface area contributed by atoms with Gasteiger partial charge in [0.15, 0.2) is 5.82 Å². The zero-order valence-corrected chi connectivity index (χ0v) is 17.3. The molecule has 0 aliphatic carbocycles. The molecule has 29 heavy (non-hydrogen) atoms. The van der Waals surface area contributed by atoms with E-state index in [1.807, 2.05) is 47.9 Å². The van der Waals surface area contributed by atoms with Gasteiger partial charge in [0, 0.05) is 28.7 Å². The van der Waals surface area contributed by atoms with Crippen LogP contribution >= 0.6 is 0 Å². The Morgan fingerprint density at radius 2 is 1.76 bits per heavy atom. The number of aryl methyl sites for hydroxylation is 2. The van der Waals surface area contributed by atoms with Crippen LogP contribution in [0.1, 0.15) is 30.7 Å². The number of nitrogens with one attached hydrogen (secondary N) is 1. The molecule has 4 aromatic rings. The van der Waals surface area contributed by atoms with Crippen molar-refractivity contribution >= 4 is 10.9 Å². The van der Waals surface area contributed by atoms with Crippen molar-refractivity contribution in [2.45, 2.75) is 40.2 Å². The molecule has 1 N–H and O–H groups in total. The number of hydrogen-bond donors (Lipinski definition) is 1. The molecule has 0 radical (unpaired) electrons. The van der Waals surface area contributed by atoms with Gasteiger partial charge in [-0.1, -0.05) is 62.4 Å². The van der Waals surface area contributed by atoms with Gasteiger partial charge in [-0.2, -0.15) is 0 Å². The van der Waals surface area contributed by atoms with Crippen LogP contribution in [0.4, 0.5) is 0 Å². The van der Waals surface area contributed by atoms with E-state index in [1.165, 1.54) is 5.56 Å². The van der Waals surface area contributed by atoms with Crippen molar-refractivity contribution in [2.75, 3.05) is 0 Å². The normalized spacial score (nSPS) is 11.4. The van der Waals surface area contributed by atoms with Gasteiger partial charge >= 0.3 is 0 Å². The monoisotopic (exact) mass is 385 g/mol. The summed E-state index contributed by atoms with van der Waals surface area (Å²) in [4.78, 5) is 21.8. The number of aromatic nitrogens is 3. The average Bonchev–Trinajstić information content (AvgIpc) is 3.15. The smallest absolute Gasteiger partial charge is 0.257 e. The SMILES string of the molecule is Cc1nc(-c2cc3ccccc3[nH]2)n(CCc2ccccc2)c(=O)c1CC(C)C. The van der Waals surface area contributed by atoms with E-state index < -0.39 is 0 Å². The Kier molecular flexibility index (Phi) is 5.34. The van der Waals surface area contributed by atoms with Crippen molar-refractivity contribution in [2.24, 2.45) is 5.92 Å². The number of aromatic amines is 1. The summed E-state index contributed by atoms with van der Waals surface area (Å²) < 4.78 is 1.85. The van der Waals surface area contributed by atoms with Gasteiger partial charge in [0.2, 0.25) is 0 Å². The third-order valence-corrected chi connectivity index (χ3v) is 5.32. The quantitative estimate of drug-likeness (QED) is 0.499. The minimum atomic E-state index is 0.0794. The second kappa shape index (κ2) is 8.08. The lowest BCUT2D eigenvalue weighted by atomic mass is 10.0. The predicted molar refractivity (Wildman–Crippen MR) is 119 cm³/mol. The maximum atomic E-state index is 13.5. The Hall–Kier alpha value is -3.14. The van der Waals surface area contributed by atoms with E-state index in [-0.39, 0.29) is 5.56 Å². The van der Waals surface area contributed by atoms with E-state index in [0.29, 0.717) is 18.3 Å². The molecule has 0 fully saturated rings. The van der Waals surface area contributed by atoms with Crippen LogP contribution in [0.2, 0.25) is 0 Å². The Balaban J connectivity index is 1.83. The van der Waals surface area contributed by atoms with Crippen molar-refractivity contribution < 1.29 is 0 Å². The highest BCUT2D eigenvalue weighted by Gasteiger charge is 2.18. The second-order valence-corrected chi connectivity index (χ2v) is 8.06. The maximum Gasteiger partial charge on any atom is 0.257 e. The van der Waals surface area contributed by atoms with Crippen LogP contribution in [0.5, 0.6) is 0 Å². The lowest BCUT2D eigenvalue weighted by Crippen LogP contribution is -2.29. The highest BCUT2D eigenvalue weighted by Crippen LogP contribution is 2.23. The van der Waals surface area contributed by atoms with Gasteiger partial charge in [-0.3, -0.25) is 9.36 Å². The van der Waals surface area contributed by atoms with Gasteiger partial charge in [0.1, 0.15) is 0 Å². The van der Waals surface area contributed by atoms with E-state index in [9.17, 15) is 4.79 Å². The predicted octanol–water partition coefficient (Wildman–Crippen LogP) is 5.14. The van der Waals surface area contributed by atoms with Crippen LogP contribution < -0.4 is 5.56 Å². The minimum absolute atomic E-state index is 0.0794. The summed E-state index contributed by atoms with van der Waals surface area (Å²) in [5.74, 6) is 1.12. The molecule has 0 amide bonds. The van der Waals surface area contributed by atoms with Gasteiger partial charge in [0.05, 0.1) is 5.69 Å². The Morgan fingerprint density at radius 1 is 1.03 bits per heavy atom. The van der Waals surface area contributed by atoms with Crippen molar-refractivity contribution in [1.29, 1.82) is 0 Å². The lowest BCUT2D eigenvalue weighted by Gasteiger charge is -2.16. The molecule has 0 saturated heterocycles. The number of para-hydroxylation sites is 1. The van der Waals surface area contributed by atoms with E-state index >= 15 is 0 Å². The Bertz CT molecular complexity index is 1150. The van der Waals surface area contributed by atoms with Gasteiger partial charge in [-0.15, -0.1) is 0 Å². The number of hydrogen-bond acceptors (Lipinski definition) is 2. The summed E-state index contributed by atoms with van der Waals surface area (Å²) in [5.41, 5.74) is 4.89. The minimum Gasteiger partial charge on any atom is -0.352 e. The van der Waals surface area contributed by atoms with E-state index in [0.717, 1.165) is 40.7 Å². The Morgan fingerprint density at radius 3 is 2.48 bits per heavy atom. The largest absolute Gasteiger partial charge is 0.352 e. The van der Waals surface area contributed by atoms with Crippen LogP contribution in [-0.2, 0) is 19.4 Å². The maximum absolute atomic E-state index is 13.5. The third kappa shape index (κ3) is 4.02. The first-order valence-corrected chi connectivity index (χ1v) is 10.3. The number of rotatable bonds is 6. The molecule has 0 spiro atoms. The second-order valence-electron chi connectivity index (χ2n) is 8.06. The molecule has 4 heteroatoms. The van der Waals surface area contributed by atoms with E-state index in [2.05, 4.69) is 43.1 Å². The highest BCUT2D eigenvalue weighted by atomic mass is 16.1. The number of fused-ring (bicyclic) bond motifs is 1. The van der Waals surface area contributed by atoms with Gasteiger partial charge in [0.25, 0.3) is 5.56 Å². The lowest BCUT2D eigenvalue weighted by molar-refractivity contribution is 0.605. The summed E-state index contributed by atoms with van der Waals surface area (Å²) in [5, 5.41) is 1.12. The molecular formula is C25H27N3O. The fourth-order valence-electron chi connectivity index (χ4n) is 3.84. The van der Waals surface area contributed by atoms with E-state index in [4.69, 9.17) is 4.98 Å². The molecule has 0 saturated carbocycles. The Labute approximate surface area is 171 Å². The molecule has 2 heterocycles. The first kappa shape index (κ1) is 19.2. The van der Waals surface area contributed by atoms with Crippen LogP contribution in [0.15, 0.2) is 65.5 Å². The third-order valence-electron chi connectivity index (χ3n) is 5.32. The fraction of sp³-hybridized carbons (Fsp3) is 0.280. The molecule has 0 atom stereocenters. The molecular weight excluding hydrogens is 358 g/mol. The number of benzene rings is 2. The standard InChI is InChI=1S/C25H27N3O/c1-17(2)15-21-18(3)26-24(23-16-20-11-7-8-12-22(20)27-23)28(25(21)29)14-13-19-9-5-4-6-10-19/h4-12,16-17,27H,13-15H2,1-3H3. The first-order valence-electron chi connectivity index (χ1n) is 10.3. The molecule has 4 nitrogen and oxygen atoms in total. The van der Waals surface area contributed by atoms with Crippen LogP contribution in [0.25, 0.3) is 22.4 Å². The van der Waals surface area contributed by atoms with Crippen molar-refractivity contribution in [3.8, 4) is 11.5 Å². The molecule has 2 aromatic heterocycles. The summed E-state index contributed by atoms with van der Waals surface area (Å²) >= 11 is 0. The van der Waals surface area contributed by atoms with Gasteiger partial charge < -0.3 is 4.98 Å². The van der Waals surface area contributed by atoms with Crippen molar-refractivity contribution in [3.63, 3.8) is 0 Å². The topological polar surface area (TPSA) is 50.7 Å². The highest BCUT2D eigenvalue weighted by molar-refractivity contribution is 5.84. The molecule has 2 aromatic carbocycles. The van der Waals surface area contributed by atoms with Gasteiger partial charge in [-0.05, 0) is 43.4 Å².